The fourth-order valence-electron chi connectivity index (χ4n) is 3.51. The van der Waals surface area contributed by atoms with Gasteiger partial charge in [-0.15, -0.1) is 5.10 Å². The number of nitrogens with zero attached hydrogens (tertiary/aromatic N) is 6. The van der Waals surface area contributed by atoms with E-state index in [1.54, 1.807) is 23.3 Å². The van der Waals surface area contributed by atoms with Crippen LogP contribution in [0.4, 0.5) is 0 Å². The molecule has 0 aliphatic carbocycles. The first-order chi connectivity index (χ1) is 15.5. The highest BCUT2D eigenvalue weighted by atomic mass is 16.1. The van der Waals surface area contributed by atoms with Crippen molar-refractivity contribution in [1.29, 1.82) is 0 Å². The summed E-state index contributed by atoms with van der Waals surface area (Å²) >= 11 is 0. The number of hydrogen-bond donors (Lipinski definition) is 1. The smallest absolute Gasteiger partial charge is 0.251 e. The van der Waals surface area contributed by atoms with Gasteiger partial charge in [-0.2, -0.15) is 4.68 Å². The highest BCUT2D eigenvalue weighted by Gasteiger charge is 2.16. The zero-order valence-corrected chi connectivity index (χ0v) is 18.4. The van der Waals surface area contributed by atoms with Gasteiger partial charge in [0.25, 0.3) is 5.91 Å². The van der Waals surface area contributed by atoms with Crippen LogP contribution in [0.2, 0.25) is 0 Å². The molecule has 0 aliphatic rings. The molecule has 4 aromatic rings. The number of amides is 1. The molecule has 0 aliphatic heterocycles. The maximum absolute atomic E-state index is 13.2. The van der Waals surface area contributed by atoms with Crippen LogP contribution in [-0.2, 0) is 12.8 Å². The van der Waals surface area contributed by atoms with E-state index in [1.807, 2.05) is 51.1 Å². The van der Waals surface area contributed by atoms with E-state index in [-0.39, 0.29) is 11.9 Å². The van der Waals surface area contributed by atoms with Gasteiger partial charge in [0.1, 0.15) is 0 Å². The zero-order chi connectivity index (χ0) is 22.5. The molecule has 0 fully saturated rings. The van der Waals surface area contributed by atoms with Gasteiger partial charge in [0, 0.05) is 43.0 Å². The van der Waals surface area contributed by atoms with Crippen molar-refractivity contribution in [3.05, 3.63) is 83.7 Å². The van der Waals surface area contributed by atoms with E-state index >= 15 is 0 Å². The number of carbonyl (C=O) groups is 1. The molecule has 2 heterocycles. The second kappa shape index (κ2) is 9.47. The number of carbonyl (C=O) groups excluding carboxylic acids is 1. The van der Waals surface area contributed by atoms with Crippen molar-refractivity contribution in [2.24, 2.45) is 0 Å². The molecule has 0 saturated heterocycles. The Kier molecular flexibility index (Phi) is 6.30. The molecule has 2 aromatic heterocycles. The van der Waals surface area contributed by atoms with Crippen LogP contribution in [0, 0.1) is 6.92 Å². The summed E-state index contributed by atoms with van der Waals surface area (Å²) in [4.78, 5) is 21.5. The third-order valence-electron chi connectivity index (χ3n) is 5.17. The van der Waals surface area contributed by atoms with Crippen LogP contribution in [0.1, 0.15) is 41.3 Å². The highest BCUT2D eigenvalue weighted by Crippen LogP contribution is 2.25. The Morgan fingerprint density at radius 1 is 1.09 bits per heavy atom. The molecule has 0 bridgehead atoms. The van der Waals surface area contributed by atoms with E-state index in [4.69, 9.17) is 0 Å². The summed E-state index contributed by atoms with van der Waals surface area (Å²) in [6.07, 6.45) is 6.27. The molecule has 8 nitrogen and oxygen atoms in total. The third kappa shape index (κ3) is 4.85. The summed E-state index contributed by atoms with van der Waals surface area (Å²) < 4.78 is 1.68. The van der Waals surface area contributed by atoms with Crippen LogP contribution in [0.5, 0.6) is 0 Å². The minimum absolute atomic E-state index is 0.107. The molecule has 1 amide bonds. The largest absolute Gasteiger partial charge is 0.349 e. The van der Waals surface area contributed by atoms with Crippen molar-refractivity contribution in [1.82, 2.24) is 35.5 Å². The van der Waals surface area contributed by atoms with Crippen molar-refractivity contribution in [2.75, 3.05) is 0 Å². The van der Waals surface area contributed by atoms with E-state index in [0.29, 0.717) is 18.4 Å². The molecule has 0 radical (unpaired) electrons. The number of aromatic nitrogens is 6. The molecule has 0 spiro atoms. The molecule has 4 rings (SSSR count). The fourth-order valence-corrected chi connectivity index (χ4v) is 3.51. The predicted octanol–water partition coefficient (Wildman–Crippen LogP) is 3.35. The summed E-state index contributed by atoms with van der Waals surface area (Å²) in [6, 6.07) is 13.8. The molecule has 32 heavy (non-hydrogen) atoms. The van der Waals surface area contributed by atoms with Crippen LogP contribution >= 0.6 is 0 Å². The van der Waals surface area contributed by atoms with E-state index in [1.165, 1.54) is 5.56 Å². The van der Waals surface area contributed by atoms with Gasteiger partial charge < -0.3 is 5.32 Å². The molecule has 162 valence electrons. The average molecular weight is 428 g/mol. The van der Waals surface area contributed by atoms with E-state index in [9.17, 15) is 4.79 Å². The Balaban J connectivity index is 1.67. The monoisotopic (exact) mass is 427 g/mol. The molecular weight excluding hydrogens is 402 g/mol. The quantitative estimate of drug-likeness (QED) is 0.486. The minimum Gasteiger partial charge on any atom is -0.349 e. The normalized spacial score (nSPS) is 11.8. The molecule has 1 unspecified atom stereocenters. The van der Waals surface area contributed by atoms with E-state index < -0.39 is 0 Å². The van der Waals surface area contributed by atoms with Crippen molar-refractivity contribution < 1.29 is 4.79 Å². The number of nitrogens with one attached hydrogen (secondary N) is 1. The second-order valence-electron chi connectivity index (χ2n) is 7.77. The number of aryl methyl sites for hydroxylation is 2. The maximum Gasteiger partial charge on any atom is 0.251 e. The van der Waals surface area contributed by atoms with Gasteiger partial charge in [0.15, 0.2) is 5.82 Å². The number of rotatable bonds is 7. The SMILES string of the molecule is CCc1nnnn1-c1cc(C(=O)NC(C)Cc2cnccn2)cc(-c2ccc(C)cc2)c1. The Bertz CT molecular complexity index is 1200. The van der Waals surface area contributed by atoms with Crippen LogP contribution in [0.25, 0.3) is 16.8 Å². The van der Waals surface area contributed by atoms with Gasteiger partial charge in [0.05, 0.1) is 11.4 Å². The van der Waals surface area contributed by atoms with Crippen molar-refractivity contribution in [2.45, 2.75) is 39.7 Å². The van der Waals surface area contributed by atoms with Gasteiger partial charge in [-0.3, -0.25) is 14.8 Å². The zero-order valence-electron chi connectivity index (χ0n) is 18.4. The van der Waals surface area contributed by atoms with Gasteiger partial charge in [-0.25, -0.2) is 0 Å². The molecule has 0 saturated carbocycles. The molecule has 1 N–H and O–H groups in total. The average Bonchev–Trinajstić information content (AvgIpc) is 3.29. The summed E-state index contributed by atoms with van der Waals surface area (Å²) in [5.41, 5.74) is 5.24. The van der Waals surface area contributed by atoms with Crippen molar-refractivity contribution >= 4 is 5.91 Å². The first kappa shape index (κ1) is 21.3. The van der Waals surface area contributed by atoms with Crippen molar-refractivity contribution in [3.8, 4) is 16.8 Å². The van der Waals surface area contributed by atoms with Gasteiger partial charge >= 0.3 is 0 Å². The van der Waals surface area contributed by atoms with Crippen LogP contribution in [-0.4, -0.2) is 42.1 Å². The van der Waals surface area contributed by atoms with E-state index in [0.717, 1.165) is 28.3 Å². The first-order valence-electron chi connectivity index (χ1n) is 10.6. The number of tetrazole rings is 1. The standard InChI is InChI=1S/C24H25N7O/c1-4-23-28-29-30-31(23)22-13-19(18-7-5-16(2)6-8-18)12-20(14-22)24(32)27-17(3)11-21-15-25-9-10-26-21/h5-10,12-15,17H,4,11H2,1-3H3,(H,27,32). The lowest BCUT2D eigenvalue weighted by atomic mass is 10.00. The Labute approximate surface area is 186 Å². The maximum atomic E-state index is 13.2. The summed E-state index contributed by atoms with van der Waals surface area (Å²) in [5, 5.41) is 15.1. The van der Waals surface area contributed by atoms with Crippen LogP contribution in [0.3, 0.4) is 0 Å². The van der Waals surface area contributed by atoms with Crippen LogP contribution < -0.4 is 5.32 Å². The fraction of sp³-hybridized carbons (Fsp3) is 0.250. The van der Waals surface area contributed by atoms with Gasteiger partial charge in [0.2, 0.25) is 0 Å². The molecule has 1 atom stereocenters. The molecular formula is C24H25N7O. The second-order valence-corrected chi connectivity index (χ2v) is 7.77. The first-order valence-corrected chi connectivity index (χ1v) is 10.6. The lowest BCUT2D eigenvalue weighted by molar-refractivity contribution is 0.0940. The lowest BCUT2D eigenvalue weighted by Crippen LogP contribution is -2.34. The van der Waals surface area contributed by atoms with Crippen LogP contribution in [0.15, 0.2) is 61.1 Å². The Hall–Kier alpha value is -3.94. The summed E-state index contributed by atoms with van der Waals surface area (Å²) in [7, 11) is 0. The van der Waals surface area contributed by atoms with E-state index in [2.05, 4.69) is 42.9 Å². The lowest BCUT2D eigenvalue weighted by Gasteiger charge is -2.15. The van der Waals surface area contributed by atoms with Crippen molar-refractivity contribution in [3.63, 3.8) is 0 Å². The predicted molar refractivity (Wildman–Crippen MR) is 121 cm³/mol. The number of benzene rings is 2. The minimum atomic E-state index is -0.164. The van der Waals surface area contributed by atoms with Gasteiger partial charge in [-0.05, 0) is 53.6 Å². The van der Waals surface area contributed by atoms with Gasteiger partial charge in [-0.1, -0.05) is 36.8 Å². The Morgan fingerprint density at radius 2 is 1.91 bits per heavy atom. The third-order valence-corrected chi connectivity index (χ3v) is 5.17. The number of hydrogen-bond acceptors (Lipinski definition) is 6. The topological polar surface area (TPSA) is 98.5 Å². The molecule has 2 aromatic carbocycles. The summed E-state index contributed by atoms with van der Waals surface area (Å²) in [6.45, 7) is 5.99. The highest BCUT2D eigenvalue weighted by molar-refractivity contribution is 5.96. The summed E-state index contributed by atoms with van der Waals surface area (Å²) in [5.74, 6) is 0.566. The Morgan fingerprint density at radius 3 is 2.62 bits per heavy atom. The molecule has 8 heteroatoms.